The van der Waals surface area contributed by atoms with Crippen molar-refractivity contribution in [2.75, 3.05) is 7.11 Å². The molecular formula is C14H16BrFN2O2. The highest BCUT2D eigenvalue weighted by Crippen LogP contribution is 2.36. The van der Waals surface area contributed by atoms with Gasteiger partial charge < -0.3 is 9.84 Å². The number of benzene rings is 1. The fourth-order valence-electron chi connectivity index (χ4n) is 2.12. The molecule has 0 bridgehead atoms. The number of nitrogens with zero attached hydrogens (tertiary/aromatic N) is 2. The molecule has 0 spiro atoms. The van der Waals surface area contributed by atoms with Crippen molar-refractivity contribution in [1.29, 1.82) is 0 Å². The maximum absolute atomic E-state index is 14.1. The highest BCUT2D eigenvalue weighted by molar-refractivity contribution is 9.10. The summed E-state index contributed by atoms with van der Waals surface area (Å²) in [5.41, 5.74) is 0.613. The largest absolute Gasteiger partial charge is 0.496 e. The fourth-order valence-corrected chi connectivity index (χ4v) is 2.61. The highest BCUT2D eigenvalue weighted by atomic mass is 79.9. The summed E-state index contributed by atoms with van der Waals surface area (Å²) in [7, 11) is 1.44. The Morgan fingerprint density at radius 1 is 1.40 bits per heavy atom. The Kier molecular flexibility index (Phi) is 4.45. The second-order valence-electron chi connectivity index (χ2n) is 4.67. The van der Waals surface area contributed by atoms with Crippen LogP contribution in [0.2, 0.25) is 0 Å². The molecule has 1 atom stereocenters. The monoisotopic (exact) mass is 342 g/mol. The van der Waals surface area contributed by atoms with Gasteiger partial charge in [-0.3, -0.25) is 4.68 Å². The van der Waals surface area contributed by atoms with Crippen molar-refractivity contribution < 1.29 is 14.2 Å². The van der Waals surface area contributed by atoms with E-state index in [1.165, 1.54) is 13.2 Å². The van der Waals surface area contributed by atoms with Crippen LogP contribution in [0.1, 0.15) is 37.3 Å². The number of rotatable bonds is 4. The third-order valence-electron chi connectivity index (χ3n) is 3.04. The zero-order valence-corrected chi connectivity index (χ0v) is 13.1. The predicted octanol–water partition coefficient (Wildman–Crippen LogP) is 3.46. The predicted molar refractivity (Wildman–Crippen MR) is 77.3 cm³/mol. The van der Waals surface area contributed by atoms with Gasteiger partial charge in [0.1, 0.15) is 17.7 Å². The number of ether oxygens (including phenoxy) is 1. The number of hydrogen-bond donors (Lipinski definition) is 1. The molecule has 0 saturated heterocycles. The minimum atomic E-state index is -1.16. The molecule has 2 rings (SSSR count). The van der Waals surface area contributed by atoms with Crippen LogP contribution in [0, 0.1) is 5.82 Å². The second kappa shape index (κ2) is 5.93. The van der Waals surface area contributed by atoms with Gasteiger partial charge in [0.05, 0.1) is 29.0 Å². The van der Waals surface area contributed by atoms with Gasteiger partial charge in [-0.15, -0.1) is 0 Å². The van der Waals surface area contributed by atoms with Gasteiger partial charge in [0.15, 0.2) is 0 Å². The summed E-state index contributed by atoms with van der Waals surface area (Å²) in [4.78, 5) is 0. The Balaban J connectivity index is 2.57. The molecule has 0 aliphatic heterocycles. The quantitative estimate of drug-likeness (QED) is 0.925. The lowest BCUT2D eigenvalue weighted by atomic mass is 10.0. The van der Waals surface area contributed by atoms with E-state index in [-0.39, 0.29) is 11.6 Å². The molecule has 108 valence electrons. The molecule has 1 N–H and O–H groups in total. The Hall–Kier alpha value is -1.40. The average molecular weight is 343 g/mol. The molecule has 4 nitrogen and oxygen atoms in total. The van der Waals surface area contributed by atoms with E-state index in [1.807, 2.05) is 13.8 Å². The van der Waals surface area contributed by atoms with E-state index in [4.69, 9.17) is 4.74 Å². The molecule has 1 aromatic heterocycles. The number of aromatic nitrogens is 2. The van der Waals surface area contributed by atoms with Crippen LogP contribution in [0.4, 0.5) is 4.39 Å². The van der Waals surface area contributed by atoms with Crippen LogP contribution in [0.5, 0.6) is 5.75 Å². The van der Waals surface area contributed by atoms with Crippen LogP contribution < -0.4 is 4.74 Å². The van der Waals surface area contributed by atoms with E-state index in [9.17, 15) is 9.50 Å². The zero-order valence-electron chi connectivity index (χ0n) is 11.5. The summed E-state index contributed by atoms with van der Waals surface area (Å²) in [6.07, 6.45) is 0.428. The van der Waals surface area contributed by atoms with Crippen molar-refractivity contribution in [2.24, 2.45) is 0 Å². The maximum atomic E-state index is 14.1. The van der Waals surface area contributed by atoms with E-state index >= 15 is 0 Å². The molecule has 6 heteroatoms. The molecule has 0 amide bonds. The van der Waals surface area contributed by atoms with Gasteiger partial charge >= 0.3 is 0 Å². The van der Waals surface area contributed by atoms with Crippen molar-refractivity contribution >= 4 is 15.9 Å². The minimum Gasteiger partial charge on any atom is -0.496 e. The Labute approximate surface area is 125 Å². The Morgan fingerprint density at radius 3 is 2.70 bits per heavy atom. The van der Waals surface area contributed by atoms with Crippen LogP contribution in [0.15, 0.2) is 28.9 Å². The third kappa shape index (κ3) is 2.58. The average Bonchev–Trinajstić information content (AvgIpc) is 2.79. The second-order valence-corrected chi connectivity index (χ2v) is 5.53. The molecule has 0 fully saturated rings. The topological polar surface area (TPSA) is 47.3 Å². The molecule has 20 heavy (non-hydrogen) atoms. The molecule has 2 aromatic rings. The van der Waals surface area contributed by atoms with E-state index in [0.29, 0.717) is 15.9 Å². The first-order valence-electron chi connectivity index (χ1n) is 6.20. The lowest BCUT2D eigenvalue weighted by Crippen LogP contribution is -2.14. The van der Waals surface area contributed by atoms with Gasteiger partial charge in [0.2, 0.25) is 0 Å². The van der Waals surface area contributed by atoms with Crippen LogP contribution in [0.3, 0.4) is 0 Å². The van der Waals surface area contributed by atoms with E-state index < -0.39 is 11.9 Å². The maximum Gasteiger partial charge on any atom is 0.133 e. The summed E-state index contributed by atoms with van der Waals surface area (Å²) < 4.78 is 21.5. The van der Waals surface area contributed by atoms with E-state index in [1.54, 1.807) is 23.0 Å². The number of hydrogen-bond acceptors (Lipinski definition) is 3. The summed E-state index contributed by atoms with van der Waals surface area (Å²) in [6.45, 7) is 3.88. The van der Waals surface area contributed by atoms with E-state index in [2.05, 4.69) is 21.0 Å². The van der Waals surface area contributed by atoms with Crippen molar-refractivity contribution in [3.05, 3.63) is 45.9 Å². The van der Waals surface area contributed by atoms with Crippen LogP contribution in [0.25, 0.3) is 0 Å². The molecule has 0 aliphatic carbocycles. The number of methoxy groups -OCH3 is 1. The smallest absolute Gasteiger partial charge is 0.133 e. The van der Waals surface area contributed by atoms with Gasteiger partial charge in [0, 0.05) is 6.04 Å². The number of aliphatic hydroxyl groups excluding tert-OH is 1. The molecule has 0 aliphatic rings. The van der Waals surface area contributed by atoms with E-state index in [0.717, 1.165) is 0 Å². The highest BCUT2D eigenvalue weighted by Gasteiger charge is 2.26. The van der Waals surface area contributed by atoms with Crippen LogP contribution in [-0.4, -0.2) is 22.0 Å². The molecule has 1 heterocycles. The molecule has 1 aromatic carbocycles. The van der Waals surface area contributed by atoms with Gasteiger partial charge in [0.25, 0.3) is 0 Å². The number of halogens is 2. The normalized spacial score (nSPS) is 12.8. The molecule has 0 radical (unpaired) electrons. The van der Waals surface area contributed by atoms with Crippen molar-refractivity contribution in [3.63, 3.8) is 0 Å². The lowest BCUT2D eigenvalue weighted by Gasteiger charge is -2.19. The lowest BCUT2D eigenvalue weighted by molar-refractivity contribution is 0.194. The Morgan fingerprint density at radius 2 is 2.10 bits per heavy atom. The summed E-state index contributed by atoms with van der Waals surface area (Å²) >= 11 is 3.35. The van der Waals surface area contributed by atoms with Gasteiger partial charge in [-0.25, -0.2) is 4.39 Å². The first-order chi connectivity index (χ1) is 9.47. The Bertz CT molecular complexity index is 613. The summed E-state index contributed by atoms with van der Waals surface area (Å²) in [5.74, 6) is -0.207. The first kappa shape index (κ1) is 15.0. The standard InChI is InChI=1S/C14H16BrFN2O2/c1-8(2)18-13(9(15)7-17-18)14(19)12-10(16)5-4-6-11(12)20-3/h4-8,14,19H,1-3H3. The number of aliphatic hydroxyl groups is 1. The molecular weight excluding hydrogens is 327 g/mol. The van der Waals surface area contributed by atoms with Gasteiger partial charge in [-0.1, -0.05) is 6.07 Å². The van der Waals surface area contributed by atoms with Crippen LogP contribution >= 0.6 is 15.9 Å². The van der Waals surface area contributed by atoms with Crippen molar-refractivity contribution in [2.45, 2.75) is 26.0 Å². The first-order valence-corrected chi connectivity index (χ1v) is 7.00. The fraction of sp³-hybridized carbons (Fsp3) is 0.357. The summed E-state index contributed by atoms with van der Waals surface area (Å²) in [5, 5.41) is 14.8. The van der Waals surface area contributed by atoms with Crippen molar-refractivity contribution in [3.8, 4) is 5.75 Å². The van der Waals surface area contributed by atoms with Gasteiger partial charge in [-0.2, -0.15) is 5.10 Å². The zero-order chi connectivity index (χ0) is 14.9. The molecule has 0 saturated carbocycles. The third-order valence-corrected chi connectivity index (χ3v) is 3.65. The van der Waals surface area contributed by atoms with Crippen molar-refractivity contribution in [1.82, 2.24) is 9.78 Å². The minimum absolute atomic E-state index is 0.0451. The SMILES string of the molecule is COc1cccc(F)c1C(O)c1c(Br)cnn1C(C)C. The van der Waals surface area contributed by atoms with Crippen LogP contribution in [-0.2, 0) is 0 Å². The van der Waals surface area contributed by atoms with Gasteiger partial charge in [-0.05, 0) is 41.9 Å². The molecule has 1 unspecified atom stereocenters. The summed E-state index contributed by atoms with van der Waals surface area (Å²) in [6, 6.07) is 4.50.